The maximum absolute atomic E-state index is 12.0. The van der Waals surface area contributed by atoms with E-state index in [1.165, 1.54) is 43.5 Å². The van der Waals surface area contributed by atoms with Gasteiger partial charge in [0.1, 0.15) is 0 Å². The predicted octanol–water partition coefficient (Wildman–Crippen LogP) is 3.59. The number of hydrogen-bond acceptors (Lipinski definition) is 3. The Morgan fingerprint density at radius 3 is 2.27 bits per heavy atom. The maximum atomic E-state index is 12.0. The van der Waals surface area contributed by atoms with Crippen LogP contribution in [0.3, 0.4) is 0 Å². The molecule has 1 saturated heterocycles. The van der Waals surface area contributed by atoms with Crippen LogP contribution in [0, 0.1) is 0 Å². The monoisotopic (exact) mass is 521 g/mol. The number of para-hydroxylation sites is 1. The minimum Gasteiger partial charge on any atom is -0.352 e. The van der Waals surface area contributed by atoms with E-state index in [1.54, 1.807) is 7.05 Å². The first-order chi connectivity index (χ1) is 14.2. The number of hydrogen-bond donors (Lipinski definition) is 3. The topological polar surface area (TPSA) is 68.8 Å². The fraction of sp³-hybridized carbons (Fsp3) is 0.391. The quantitative estimate of drug-likeness (QED) is 0.296. The Morgan fingerprint density at radius 1 is 0.933 bits per heavy atom. The number of nitrogens with one attached hydrogen (secondary N) is 3. The number of guanidine groups is 1. The zero-order valence-corrected chi connectivity index (χ0v) is 19.9. The predicted molar refractivity (Wildman–Crippen MR) is 134 cm³/mol. The van der Waals surface area contributed by atoms with Crippen molar-refractivity contribution in [1.29, 1.82) is 0 Å². The number of piperidine rings is 1. The second kappa shape index (κ2) is 13.2. The summed E-state index contributed by atoms with van der Waals surface area (Å²) in [6, 6.07) is 18.1. The molecule has 0 aromatic heterocycles. The lowest BCUT2D eigenvalue weighted by molar-refractivity contribution is -0.115. The van der Waals surface area contributed by atoms with Crippen molar-refractivity contribution in [2.75, 3.05) is 32.0 Å². The van der Waals surface area contributed by atoms with E-state index < -0.39 is 0 Å². The number of halogens is 1. The van der Waals surface area contributed by atoms with Gasteiger partial charge in [0.25, 0.3) is 0 Å². The Hall–Kier alpha value is -2.13. The summed E-state index contributed by atoms with van der Waals surface area (Å²) in [7, 11) is 1.70. The van der Waals surface area contributed by atoms with Gasteiger partial charge in [-0.15, -0.1) is 24.0 Å². The molecule has 1 aliphatic rings. The van der Waals surface area contributed by atoms with Crippen molar-refractivity contribution < 1.29 is 4.79 Å². The summed E-state index contributed by atoms with van der Waals surface area (Å²) in [5.74, 6) is 0.492. The zero-order chi connectivity index (χ0) is 20.3. The van der Waals surface area contributed by atoms with Crippen molar-refractivity contribution in [2.24, 2.45) is 4.99 Å². The molecule has 0 radical (unpaired) electrons. The molecule has 0 unspecified atom stereocenters. The molecule has 0 bridgehead atoms. The van der Waals surface area contributed by atoms with E-state index in [9.17, 15) is 4.79 Å². The van der Waals surface area contributed by atoms with Gasteiger partial charge in [0.15, 0.2) is 5.96 Å². The van der Waals surface area contributed by atoms with Gasteiger partial charge in [-0.05, 0) is 49.2 Å². The third kappa shape index (κ3) is 8.31. The Bertz CT molecular complexity index is 789. The third-order valence-corrected chi connectivity index (χ3v) is 5.04. The number of anilines is 1. The molecule has 30 heavy (non-hydrogen) atoms. The highest BCUT2D eigenvalue weighted by molar-refractivity contribution is 14.0. The molecule has 1 fully saturated rings. The minimum absolute atomic E-state index is 0. The van der Waals surface area contributed by atoms with Gasteiger partial charge in [-0.2, -0.15) is 0 Å². The number of nitrogens with zero attached hydrogens (tertiary/aromatic N) is 2. The molecule has 0 aliphatic carbocycles. The van der Waals surface area contributed by atoms with Gasteiger partial charge in [0.2, 0.25) is 5.91 Å². The van der Waals surface area contributed by atoms with Crippen LogP contribution in [0.2, 0.25) is 0 Å². The van der Waals surface area contributed by atoms with Crippen molar-refractivity contribution in [2.45, 2.75) is 32.4 Å². The molecule has 2 aromatic rings. The molecular weight excluding hydrogens is 489 g/mol. The van der Waals surface area contributed by atoms with Gasteiger partial charge in [0.05, 0.1) is 6.54 Å². The van der Waals surface area contributed by atoms with E-state index in [1.807, 2.05) is 30.3 Å². The van der Waals surface area contributed by atoms with Crippen molar-refractivity contribution in [3.05, 3.63) is 65.7 Å². The molecule has 2 aromatic carbocycles. The first-order valence-electron chi connectivity index (χ1n) is 10.3. The molecule has 3 N–H and O–H groups in total. The maximum Gasteiger partial charge on any atom is 0.243 e. The van der Waals surface area contributed by atoms with Crippen LogP contribution in [0.1, 0.15) is 30.4 Å². The van der Waals surface area contributed by atoms with Gasteiger partial charge < -0.3 is 16.0 Å². The van der Waals surface area contributed by atoms with Crippen molar-refractivity contribution in [1.82, 2.24) is 15.5 Å². The Morgan fingerprint density at radius 2 is 1.60 bits per heavy atom. The molecule has 0 atom stereocenters. The molecule has 7 heteroatoms. The molecule has 162 valence electrons. The average Bonchev–Trinajstić information content (AvgIpc) is 2.76. The fourth-order valence-electron chi connectivity index (χ4n) is 3.44. The number of carbonyl (C=O) groups excluding carboxylic acids is 1. The summed E-state index contributed by atoms with van der Waals surface area (Å²) in [4.78, 5) is 18.8. The van der Waals surface area contributed by atoms with Crippen LogP contribution in [-0.2, 0) is 17.9 Å². The molecule has 0 spiro atoms. The highest BCUT2D eigenvalue weighted by atomic mass is 127. The summed E-state index contributed by atoms with van der Waals surface area (Å²) >= 11 is 0. The minimum atomic E-state index is -0.110. The van der Waals surface area contributed by atoms with Gasteiger partial charge in [0, 0.05) is 25.8 Å². The SMILES string of the molecule is CN=C(NCC(=O)Nc1ccccc1)NCc1ccc(CN2CCCCC2)cc1.I. The van der Waals surface area contributed by atoms with Crippen LogP contribution >= 0.6 is 24.0 Å². The second-order valence-corrected chi connectivity index (χ2v) is 7.35. The molecule has 1 amide bonds. The summed E-state index contributed by atoms with van der Waals surface area (Å²) in [6.45, 7) is 4.27. The van der Waals surface area contributed by atoms with Crippen LogP contribution in [0.4, 0.5) is 5.69 Å². The number of carbonyl (C=O) groups is 1. The lowest BCUT2D eigenvalue weighted by Crippen LogP contribution is -2.41. The lowest BCUT2D eigenvalue weighted by atomic mass is 10.1. The lowest BCUT2D eigenvalue weighted by Gasteiger charge is -2.26. The Labute approximate surface area is 196 Å². The van der Waals surface area contributed by atoms with Crippen LogP contribution in [0.25, 0.3) is 0 Å². The van der Waals surface area contributed by atoms with E-state index in [4.69, 9.17) is 0 Å². The number of rotatable bonds is 7. The summed E-state index contributed by atoms with van der Waals surface area (Å²) < 4.78 is 0. The first kappa shape index (κ1) is 24.1. The summed E-state index contributed by atoms with van der Waals surface area (Å²) in [5, 5.41) is 9.15. The molecule has 1 heterocycles. The van der Waals surface area contributed by atoms with Gasteiger partial charge in [-0.25, -0.2) is 0 Å². The number of aliphatic imine (C=N–C) groups is 1. The zero-order valence-electron chi connectivity index (χ0n) is 17.6. The average molecular weight is 521 g/mol. The van der Waals surface area contributed by atoms with E-state index in [-0.39, 0.29) is 36.4 Å². The molecule has 1 aliphatic heterocycles. The molecule has 0 saturated carbocycles. The van der Waals surface area contributed by atoms with Gasteiger partial charge in [-0.1, -0.05) is 48.9 Å². The van der Waals surface area contributed by atoms with Gasteiger partial charge in [-0.3, -0.25) is 14.7 Å². The summed E-state index contributed by atoms with van der Waals surface area (Å²) in [5.41, 5.74) is 3.33. The van der Waals surface area contributed by atoms with Crippen LogP contribution in [0.5, 0.6) is 0 Å². The number of benzene rings is 2. The van der Waals surface area contributed by atoms with Crippen molar-refractivity contribution >= 4 is 41.5 Å². The highest BCUT2D eigenvalue weighted by Gasteiger charge is 2.10. The van der Waals surface area contributed by atoms with E-state index >= 15 is 0 Å². The van der Waals surface area contributed by atoms with E-state index in [0.717, 1.165) is 12.2 Å². The summed E-state index contributed by atoms with van der Waals surface area (Å²) in [6.07, 6.45) is 4.00. The Balaban J connectivity index is 0.00000320. The van der Waals surface area contributed by atoms with E-state index in [0.29, 0.717) is 12.5 Å². The van der Waals surface area contributed by atoms with Crippen molar-refractivity contribution in [3.63, 3.8) is 0 Å². The number of likely N-dealkylation sites (tertiary alicyclic amines) is 1. The van der Waals surface area contributed by atoms with E-state index in [2.05, 4.69) is 50.1 Å². The largest absolute Gasteiger partial charge is 0.352 e. The van der Waals surface area contributed by atoms with Gasteiger partial charge >= 0.3 is 0 Å². The smallest absolute Gasteiger partial charge is 0.243 e. The second-order valence-electron chi connectivity index (χ2n) is 7.35. The van der Waals surface area contributed by atoms with Crippen LogP contribution < -0.4 is 16.0 Å². The Kier molecular flexibility index (Phi) is 10.6. The molecular formula is C23H32IN5O. The van der Waals surface area contributed by atoms with Crippen LogP contribution in [-0.4, -0.2) is 43.4 Å². The van der Waals surface area contributed by atoms with Crippen LogP contribution in [0.15, 0.2) is 59.6 Å². The normalized spacial score (nSPS) is 14.5. The molecule has 6 nitrogen and oxygen atoms in total. The highest BCUT2D eigenvalue weighted by Crippen LogP contribution is 2.13. The third-order valence-electron chi connectivity index (χ3n) is 5.04. The standard InChI is InChI=1S/C23H31N5O.HI/c1-24-23(26-17-22(29)27-21-8-4-2-5-9-21)25-16-19-10-12-20(13-11-19)18-28-14-6-3-7-15-28;/h2,4-5,8-13H,3,6-7,14-18H2,1H3,(H,27,29)(H2,24,25,26);1H. The first-order valence-corrected chi connectivity index (χ1v) is 10.3. The molecule has 3 rings (SSSR count). The van der Waals surface area contributed by atoms with Crippen molar-refractivity contribution in [3.8, 4) is 0 Å². The fourth-order valence-corrected chi connectivity index (χ4v) is 3.44. The number of amides is 1.